The van der Waals surface area contributed by atoms with E-state index in [1.54, 1.807) is 36.4 Å². The number of ether oxygens (including phenoxy) is 2. The van der Waals surface area contributed by atoms with Crippen LogP contribution in [0.25, 0.3) is 11.0 Å². The predicted octanol–water partition coefficient (Wildman–Crippen LogP) is 2.96. The minimum Gasteiger partial charge on any atom is -0.493 e. The molecule has 8 nitrogen and oxygen atoms in total. The fourth-order valence-corrected chi connectivity index (χ4v) is 4.20. The van der Waals surface area contributed by atoms with Crippen molar-refractivity contribution in [2.45, 2.75) is 6.04 Å². The van der Waals surface area contributed by atoms with Crippen LogP contribution in [-0.4, -0.2) is 68.7 Å². The van der Waals surface area contributed by atoms with E-state index < -0.39 is 29.4 Å². The lowest BCUT2D eigenvalue weighted by atomic mass is 9.88. The number of benzene rings is 2. The average Bonchev–Trinajstić information content (AvgIpc) is 3.36. The number of hydrogen-bond acceptors (Lipinski definition) is 7. The van der Waals surface area contributed by atoms with Gasteiger partial charge in [-0.3, -0.25) is 14.4 Å². The molecule has 4 rings (SSSR count). The molecule has 1 amide bonds. The number of carbonyl (C=O) groups excluding carboxylic acids is 3. The molecule has 0 N–H and O–H groups in total. The van der Waals surface area contributed by atoms with E-state index in [2.05, 4.69) is 0 Å². The molecule has 172 valence electrons. The number of likely N-dealkylation sites (tertiary alicyclic amines) is 1. The molecule has 2 atom stereocenters. The second kappa shape index (κ2) is 9.07. The van der Waals surface area contributed by atoms with Crippen LogP contribution < -0.4 is 9.47 Å². The number of methoxy groups -OCH3 is 2. The van der Waals surface area contributed by atoms with Crippen LogP contribution in [0.3, 0.4) is 0 Å². The summed E-state index contributed by atoms with van der Waals surface area (Å²) < 4.78 is 16.5. The topological polar surface area (TPSA) is 89.3 Å². The summed E-state index contributed by atoms with van der Waals surface area (Å²) in [5, 5.41) is 0.754. The third-order valence-electron chi connectivity index (χ3n) is 5.89. The fourth-order valence-electron chi connectivity index (χ4n) is 4.20. The SMILES string of the molecule is COc1ccc(C2C(C(=O)c3cc4ccccc4o3)C(=O)C(=O)N2CCN(C)C)cc1OC. The Balaban J connectivity index is 1.79. The number of carbonyl (C=O) groups is 3. The van der Waals surface area contributed by atoms with Crippen molar-refractivity contribution in [3.8, 4) is 11.5 Å². The van der Waals surface area contributed by atoms with Gasteiger partial charge in [-0.25, -0.2) is 0 Å². The summed E-state index contributed by atoms with van der Waals surface area (Å²) in [5.74, 6) is -2.14. The van der Waals surface area contributed by atoms with Crippen LogP contribution >= 0.6 is 0 Å². The van der Waals surface area contributed by atoms with Crippen LogP contribution in [0.2, 0.25) is 0 Å². The van der Waals surface area contributed by atoms with Crippen molar-refractivity contribution in [1.29, 1.82) is 0 Å². The zero-order valence-corrected chi connectivity index (χ0v) is 19.0. The molecule has 1 aliphatic heterocycles. The van der Waals surface area contributed by atoms with Gasteiger partial charge in [0.05, 0.1) is 20.3 Å². The van der Waals surface area contributed by atoms with E-state index in [0.29, 0.717) is 35.7 Å². The molecule has 0 spiro atoms. The van der Waals surface area contributed by atoms with Gasteiger partial charge in [-0.1, -0.05) is 24.3 Å². The standard InChI is InChI=1S/C25H26N2O6/c1-26(2)11-12-27-22(16-9-10-18(31-3)19(14-16)32-4)21(24(29)25(27)30)23(28)20-13-15-7-5-6-8-17(15)33-20/h5-10,13-14,21-22H,11-12H2,1-4H3. The van der Waals surface area contributed by atoms with Crippen LogP contribution in [0.15, 0.2) is 52.9 Å². The first-order valence-electron chi connectivity index (χ1n) is 10.6. The maximum absolute atomic E-state index is 13.6. The molecule has 1 aromatic heterocycles. The highest BCUT2D eigenvalue weighted by Gasteiger charge is 2.52. The van der Waals surface area contributed by atoms with Gasteiger partial charge in [-0.05, 0) is 43.9 Å². The van der Waals surface area contributed by atoms with Gasteiger partial charge in [-0.15, -0.1) is 0 Å². The van der Waals surface area contributed by atoms with Crippen LogP contribution in [0.1, 0.15) is 22.2 Å². The van der Waals surface area contributed by atoms with E-state index in [9.17, 15) is 14.4 Å². The summed E-state index contributed by atoms with van der Waals surface area (Å²) >= 11 is 0. The highest BCUT2D eigenvalue weighted by molar-refractivity contribution is 6.43. The minimum atomic E-state index is -1.22. The van der Waals surface area contributed by atoms with Crippen LogP contribution in [0.5, 0.6) is 11.5 Å². The molecule has 1 saturated heterocycles. The van der Waals surface area contributed by atoms with Gasteiger partial charge >= 0.3 is 0 Å². The number of amides is 1. The normalized spacial score (nSPS) is 18.4. The third-order valence-corrected chi connectivity index (χ3v) is 5.89. The molecular weight excluding hydrogens is 424 g/mol. The molecule has 0 aliphatic carbocycles. The van der Waals surface area contributed by atoms with Gasteiger partial charge in [0, 0.05) is 18.5 Å². The fraction of sp³-hybridized carbons (Fsp3) is 0.320. The quantitative estimate of drug-likeness (QED) is 0.296. The molecule has 0 saturated carbocycles. The molecule has 2 heterocycles. The molecule has 3 aromatic rings. The second-order valence-electron chi connectivity index (χ2n) is 8.22. The van der Waals surface area contributed by atoms with Gasteiger partial charge < -0.3 is 23.7 Å². The van der Waals surface area contributed by atoms with Crippen molar-refractivity contribution in [2.75, 3.05) is 41.4 Å². The zero-order chi connectivity index (χ0) is 23.7. The lowest BCUT2D eigenvalue weighted by molar-refractivity contribution is -0.140. The summed E-state index contributed by atoms with van der Waals surface area (Å²) in [5.41, 5.74) is 1.16. The van der Waals surface area contributed by atoms with Gasteiger partial charge in [0.25, 0.3) is 5.91 Å². The lowest BCUT2D eigenvalue weighted by Crippen LogP contribution is -2.36. The van der Waals surface area contributed by atoms with Gasteiger partial charge in [0.2, 0.25) is 11.6 Å². The Kier molecular flexibility index (Phi) is 6.20. The van der Waals surface area contributed by atoms with E-state index in [0.717, 1.165) is 5.39 Å². The first-order chi connectivity index (χ1) is 15.8. The number of nitrogens with zero attached hydrogens (tertiary/aromatic N) is 2. The Morgan fingerprint density at radius 3 is 2.42 bits per heavy atom. The Labute approximate surface area is 191 Å². The molecule has 8 heteroatoms. The Morgan fingerprint density at radius 2 is 1.76 bits per heavy atom. The van der Waals surface area contributed by atoms with Crippen LogP contribution in [0, 0.1) is 5.92 Å². The Hall–Kier alpha value is -3.65. The maximum Gasteiger partial charge on any atom is 0.291 e. The van der Waals surface area contributed by atoms with Gasteiger partial charge in [-0.2, -0.15) is 0 Å². The van der Waals surface area contributed by atoms with E-state index in [4.69, 9.17) is 13.9 Å². The highest BCUT2D eigenvalue weighted by Crippen LogP contribution is 2.41. The first kappa shape index (κ1) is 22.5. The lowest BCUT2D eigenvalue weighted by Gasteiger charge is -2.28. The monoisotopic (exact) mass is 450 g/mol. The van der Waals surface area contributed by atoms with Crippen molar-refractivity contribution in [3.05, 3.63) is 59.9 Å². The van der Waals surface area contributed by atoms with Crippen molar-refractivity contribution < 1.29 is 28.3 Å². The number of para-hydroxylation sites is 1. The van der Waals surface area contributed by atoms with E-state index in [1.165, 1.54) is 19.1 Å². The number of furan rings is 1. The second-order valence-corrected chi connectivity index (χ2v) is 8.22. The molecular formula is C25H26N2O6. The molecule has 1 fully saturated rings. The highest BCUT2D eigenvalue weighted by atomic mass is 16.5. The summed E-state index contributed by atoms with van der Waals surface area (Å²) in [6.07, 6.45) is 0. The zero-order valence-electron chi connectivity index (χ0n) is 19.0. The molecule has 0 radical (unpaired) electrons. The number of ketones is 2. The van der Waals surface area contributed by atoms with Crippen molar-refractivity contribution in [2.24, 2.45) is 5.92 Å². The molecule has 0 bridgehead atoms. The predicted molar refractivity (Wildman–Crippen MR) is 122 cm³/mol. The summed E-state index contributed by atoms with van der Waals surface area (Å²) in [6.45, 7) is 0.828. The van der Waals surface area contributed by atoms with Gasteiger partial charge in [0.15, 0.2) is 17.3 Å². The first-order valence-corrected chi connectivity index (χ1v) is 10.6. The van der Waals surface area contributed by atoms with E-state index >= 15 is 0 Å². The number of fused-ring (bicyclic) bond motifs is 1. The summed E-state index contributed by atoms with van der Waals surface area (Å²) in [7, 11) is 6.79. The van der Waals surface area contributed by atoms with Crippen LogP contribution in [0.4, 0.5) is 0 Å². The smallest absolute Gasteiger partial charge is 0.291 e. The summed E-state index contributed by atoms with van der Waals surface area (Å²) in [4.78, 5) is 43.1. The number of likely N-dealkylation sites (N-methyl/N-ethyl adjacent to an activating group) is 1. The molecule has 33 heavy (non-hydrogen) atoms. The summed E-state index contributed by atoms with van der Waals surface area (Å²) in [6, 6.07) is 13.2. The number of hydrogen-bond donors (Lipinski definition) is 0. The largest absolute Gasteiger partial charge is 0.493 e. The minimum absolute atomic E-state index is 0.0577. The average molecular weight is 450 g/mol. The van der Waals surface area contributed by atoms with Gasteiger partial charge in [0.1, 0.15) is 11.5 Å². The molecule has 2 aromatic carbocycles. The number of rotatable bonds is 8. The Morgan fingerprint density at radius 1 is 1.03 bits per heavy atom. The maximum atomic E-state index is 13.6. The number of Topliss-reactive ketones (excluding diaryl/α,β-unsaturated/α-hetero) is 2. The van der Waals surface area contributed by atoms with E-state index in [-0.39, 0.29) is 5.76 Å². The Bertz CT molecular complexity index is 1180. The molecule has 1 aliphatic rings. The van der Waals surface area contributed by atoms with E-state index in [1.807, 2.05) is 31.1 Å². The van der Waals surface area contributed by atoms with Crippen LogP contribution in [-0.2, 0) is 9.59 Å². The molecule has 2 unspecified atom stereocenters. The van der Waals surface area contributed by atoms with Crippen molar-refractivity contribution in [1.82, 2.24) is 9.80 Å². The van der Waals surface area contributed by atoms with Crippen molar-refractivity contribution in [3.63, 3.8) is 0 Å². The van der Waals surface area contributed by atoms with Crippen molar-refractivity contribution >= 4 is 28.4 Å². The third kappa shape index (κ3) is 4.09.